The van der Waals surface area contributed by atoms with Gasteiger partial charge in [-0.25, -0.2) is 0 Å². The predicted molar refractivity (Wildman–Crippen MR) is 33.3 cm³/mol. The summed E-state index contributed by atoms with van der Waals surface area (Å²) in [6.07, 6.45) is -8.62. The second-order valence-corrected chi connectivity index (χ2v) is 1.87. The van der Waals surface area contributed by atoms with Crippen molar-refractivity contribution >= 4 is 12.4 Å². The van der Waals surface area contributed by atoms with Crippen LogP contribution in [0.15, 0.2) is 0 Å². The van der Waals surface area contributed by atoms with E-state index in [1.807, 2.05) is 0 Å². The first-order chi connectivity index (χ1) is 4.73. The van der Waals surface area contributed by atoms with E-state index in [4.69, 9.17) is 5.11 Å². The van der Waals surface area contributed by atoms with Gasteiger partial charge >= 0.3 is 12.1 Å². The molecule has 0 aliphatic carbocycles. The highest BCUT2D eigenvalue weighted by Gasteiger charge is 2.61. The van der Waals surface area contributed by atoms with Crippen LogP contribution in [0.25, 0.3) is 0 Å². The summed E-state index contributed by atoms with van der Waals surface area (Å²) in [6.45, 7) is -1.13. The lowest BCUT2D eigenvalue weighted by atomic mass is 10.2. The summed E-state index contributed by atoms with van der Waals surface area (Å²) in [6, 6.07) is 0. The second-order valence-electron chi connectivity index (χ2n) is 1.87. The van der Waals surface area contributed by atoms with E-state index in [1.54, 1.807) is 0 Å². The third-order valence-corrected chi connectivity index (χ3v) is 1.02. The molecule has 0 spiro atoms. The van der Waals surface area contributed by atoms with E-state index >= 15 is 0 Å². The molecule has 8 heteroatoms. The van der Waals surface area contributed by atoms with E-state index < -0.39 is 24.7 Å². The Labute approximate surface area is 70.9 Å². The lowest BCUT2D eigenvalue weighted by Gasteiger charge is -2.23. The molecule has 0 amide bonds. The number of rotatable bonds is 2. The van der Waals surface area contributed by atoms with Crippen LogP contribution in [0, 0.1) is 0 Å². The molecule has 1 atom stereocenters. The number of alkyl halides is 5. The van der Waals surface area contributed by atoms with Crippen LogP contribution in [0.5, 0.6) is 0 Å². The molecular weight excluding hydrogens is 208 g/mol. The molecule has 0 saturated heterocycles. The van der Waals surface area contributed by atoms with Gasteiger partial charge in [-0.15, -0.1) is 12.4 Å². The standard InChI is InChI=1S/C4H6F5NO.ClH/c5-3(6,2(11)1-10)4(7,8)9;/h2,11H,1,10H2;1H. The van der Waals surface area contributed by atoms with E-state index in [0.29, 0.717) is 0 Å². The highest BCUT2D eigenvalue weighted by atomic mass is 35.5. The average molecular weight is 216 g/mol. The molecule has 0 bridgehead atoms. The van der Waals surface area contributed by atoms with E-state index in [2.05, 4.69) is 5.73 Å². The molecule has 3 N–H and O–H groups in total. The Bertz CT molecular complexity index is 138. The van der Waals surface area contributed by atoms with Crippen LogP contribution in [-0.2, 0) is 0 Å². The maximum absolute atomic E-state index is 11.9. The smallest absolute Gasteiger partial charge is 0.385 e. The molecule has 0 saturated carbocycles. The van der Waals surface area contributed by atoms with Gasteiger partial charge in [-0.3, -0.25) is 0 Å². The molecule has 0 aromatic rings. The molecule has 0 aliphatic heterocycles. The number of aliphatic hydroxyl groups is 1. The molecule has 0 fully saturated rings. The first-order valence-corrected chi connectivity index (χ1v) is 2.56. The molecule has 0 radical (unpaired) electrons. The highest BCUT2D eigenvalue weighted by Crippen LogP contribution is 2.37. The van der Waals surface area contributed by atoms with Crippen molar-refractivity contribution in [3.05, 3.63) is 0 Å². The molecular formula is C4H7ClF5NO. The van der Waals surface area contributed by atoms with Crippen LogP contribution in [0.2, 0.25) is 0 Å². The second kappa shape index (κ2) is 4.20. The number of hydrogen-bond donors (Lipinski definition) is 2. The zero-order chi connectivity index (χ0) is 9.28. The zero-order valence-corrected chi connectivity index (χ0v) is 6.42. The molecule has 2 nitrogen and oxygen atoms in total. The van der Waals surface area contributed by atoms with Gasteiger partial charge in [-0.2, -0.15) is 22.0 Å². The van der Waals surface area contributed by atoms with E-state index in [0.717, 1.165) is 0 Å². The van der Waals surface area contributed by atoms with Crippen molar-refractivity contribution in [2.24, 2.45) is 5.73 Å². The summed E-state index contributed by atoms with van der Waals surface area (Å²) in [5.74, 6) is -5.12. The summed E-state index contributed by atoms with van der Waals surface area (Å²) >= 11 is 0. The predicted octanol–water partition coefficient (Wildman–Crippen LogP) is 0.925. The van der Waals surface area contributed by atoms with Gasteiger partial charge in [-0.05, 0) is 0 Å². The van der Waals surface area contributed by atoms with Crippen LogP contribution in [0.1, 0.15) is 0 Å². The number of halogens is 6. The maximum Gasteiger partial charge on any atom is 0.456 e. The minimum atomic E-state index is -5.74. The third kappa shape index (κ3) is 2.72. The minimum Gasteiger partial charge on any atom is -0.385 e. The minimum absolute atomic E-state index is 0. The summed E-state index contributed by atoms with van der Waals surface area (Å²) in [4.78, 5) is 0. The summed E-state index contributed by atoms with van der Waals surface area (Å²) in [5, 5.41) is 8.13. The van der Waals surface area contributed by atoms with Crippen molar-refractivity contribution in [3.63, 3.8) is 0 Å². The Balaban J connectivity index is 0. The van der Waals surface area contributed by atoms with Crippen molar-refractivity contribution < 1.29 is 27.1 Å². The largest absolute Gasteiger partial charge is 0.456 e. The van der Waals surface area contributed by atoms with Crippen LogP contribution in [-0.4, -0.2) is 29.9 Å². The van der Waals surface area contributed by atoms with Gasteiger partial charge in [0.25, 0.3) is 0 Å². The number of hydrogen-bond acceptors (Lipinski definition) is 2. The Morgan fingerprint density at radius 3 is 1.58 bits per heavy atom. The fourth-order valence-electron chi connectivity index (χ4n) is 0.337. The van der Waals surface area contributed by atoms with Gasteiger partial charge in [0.1, 0.15) is 6.10 Å². The van der Waals surface area contributed by atoms with Crippen LogP contribution in [0.4, 0.5) is 22.0 Å². The normalized spacial score (nSPS) is 15.2. The fourth-order valence-corrected chi connectivity index (χ4v) is 0.337. The molecule has 76 valence electrons. The lowest BCUT2D eigenvalue weighted by molar-refractivity contribution is -0.311. The Hall–Kier alpha value is -0.140. The van der Waals surface area contributed by atoms with E-state index in [1.165, 1.54) is 0 Å². The third-order valence-electron chi connectivity index (χ3n) is 1.02. The Morgan fingerprint density at radius 1 is 1.17 bits per heavy atom. The average Bonchev–Trinajstić information content (AvgIpc) is 1.83. The van der Waals surface area contributed by atoms with Crippen LogP contribution < -0.4 is 5.73 Å². The Kier molecular flexibility index (Phi) is 5.03. The van der Waals surface area contributed by atoms with Gasteiger partial charge in [0.2, 0.25) is 0 Å². The van der Waals surface area contributed by atoms with Crippen molar-refractivity contribution in [2.45, 2.75) is 18.2 Å². The molecule has 0 rings (SSSR count). The highest BCUT2D eigenvalue weighted by molar-refractivity contribution is 5.85. The summed E-state index contributed by atoms with van der Waals surface area (Å²) in [5.41, 5.74) is 4.42. The van der Waals surface area contributed by atoms with Gasteiger partial charge < -0.3 is 10.8 Å². The SMILES string of the molecule is Cl.NCC(O)C(F)(F)C(F)(F)F. The quantitative estimate of drug-likeness (QED) is 0.673. The van der Waals surface area contributed by atoms with Gasteiger partial charge in [0.05, 0.1) is 0 Å². The first kappa shape index (κ1) is 14.4. The zero-order valence-electron chi connectivity index (χ0n) is 5.61. The number of aliphatic hydroxyl groups excluding tert-OH is 1. The first-order valence-electron chi connectivity index (χ1n) is 2.56. The van der Waals surface area contributed by atoms with Crippen molar-refractivity contribution in [1.29, 1.82) is 0 Å². The van der Waals surface area contributed by atoms with Gasteiger partial charge in [0.15, 0.2) is 0 Å². The van der Waals surface area contributed by atoms with Crippen molar-refractivity contribution in [3.8, 4) is 0 Å². The van der Waals surface area contributed by atoms with Crippen molar-refractivity contribution in [2.75, 3.05) is 6.54 Å². The monoisotopic (exact) mass is 215 g/mol. The number of nitrogens with two attached hydrogens (primary N) is 1. The molecule has 12 heavy (non-hydrogen) atoms. The van der Waals surface area contributed by atoms with Crippen molar-refractivity contribution in [1.82, 2.24) is 0 Å². The Morgan fingerprint density at radius 2 is 1.50 bits per heavy atom. The topological polar surface area (TPSA) is 46.2 Å². The van der Waals surface area contributed by atoms with E-state index in [9.17, 15) is 22.0 Å². The van der Waals surface area contributed by atoms with Crippen LogP contribution >= 0.6 is 12.4 Å². The van der Waals surface area contributed by atoms with Gasteiger partial charge in [0, 0.05) is 6.54 Å². The van der Waals surface area contributed by atoms with E-state index in [-0.39, 0.29) is 12.4 Å². The molecule has 0 aromatic carbocycles. The van der Waals surface area contributed by atoms with Crippen LogP contribution in [0.3, 0.4) is 0 Å². The molecule has 1 unspecified atom stereocenters. The summed E-state index contributed by atoms with van der Waals surface area (Å²) < 4.78 is 57.7. The van der Waals surface area contributed by atoms with Gasteiger partial charge in [-0.1, -0.05) is 0 Å². The lowest BCUT2D eigenvalue weighted by Crippen LogP contribution is -2.50. The maximum atomic E-state index is 11.9. The molecule has 0 aliphatic rings. The molecule has 0 heterocycles. The molecule has 0 aromatic heterocycles. The fraction of sp³-hybridized carbons (Fsp3) is 1.00. The summed E-state index contributed by atoms with van der Waals surface area (Å²) in [7, 11) is 0.